The third kappa shape index (κ3) is 5.85. The fraction of sp³-hybridized carbons (Fsp3) is 0.500. The number of anilines is 1. The molecule has 0 radical (unpaired) electrons. The number of carbonyl (C=O) groups excluding carboxylic acids is 1. The normalized spacial score (nSPS) is 11.2. The van der Waals surface area contributed by atoms with Crippen molar-refractivity contribution in [2.45, 2.75) is 40.0 Å². The predicted octanol–water partition coefficient (Wildman–Crippen LogP) is 2.59. The molecular formula is C16H24N2O3. The van der Waals surface area contributed by atoms with Crippen LogP contribution in [0.5, 0.6) is 0 Å². The molecule has 1 rings (SSSR count). The number of hydrogen-bond acceptors (Lipinski definition) is 3. The highest BCUT2D eigenvalue weighted by atomic mass is 16.4. The third-order valence-electron chi connectivity index (χ3n) is 3.64. The minimum Gasteiger partial charge on any atom is -0.481 e. The van der Waals surface area contributed by atoms with E-state index < -0.39 is 5.97 Å². The van der Waals surface area contributed by atoms with Crippen molar-refractivity contribution in [3.8, 4) is 0 Å². The summed E-state index contributed by atoms with van der Waals surface area (Å²) in [5.41, 5.74) is 7.77. The molecule has 0 atom stereocenters. The Hall–Kier alpha value is -2.04. The Morgan fingerprint density at radius 1 is 1.29 bits per heavy atom. The van der Waals surface area contributed by atoms with Crippen LogP contribution in [0.15, 0.2) is 18.2 Å². The number of aliphatic carboxylic acids is 1. The van der Waals surface area contributed by atoms with E-state index in [9.17, 15) is 9.59 Å². The maximum absolute atomic E-state index is 12.0. The van der Waals surface area contributed by atoms with Gasteiger partial charge in [0.1, 0.15) is 0 Å². The number of carbonyl (C=O) groups is 2. The molecule has 0 saturated heterocycles. The van der Waals surface area contributed by atoms with Gasteiger partial charge in [-0.05, 0) is 42.9 Å². The lowest BCUT2D eigenvalue weighted by Crippen LogP contribution is -2.28. The third-order valence-corrected chi connectivity index (χ3v) is 3.64. The van der Waals surface area contributed by atoms with E-state index in [4.69, 9.17) is 10.8 Å². The van der Waals surface area contributed by atoms with Crippen LogP contribution in [-0.2, 0) is 4.79 Å². The lowest BCUT2D eigenvalue weighted by molar-refractivity contribution is -0.137. The summed E-state index contributed by atoms with van der Waals surface area (Å²) in [5, 5.41) is 11.6. The zero-order valence-corrected chi connectivity index (χ0v) is 12.9. The van der Waals surface area contributed by atoms with Gasteiger partial charge in [-0.3, -0.25) is 9.59 Å². The van der Waals surface area contributed by atoms with Crippen LogP contribution in [0, 0.1) is 12.3 Å². The van der Waals surface area contributed by atoms with Crippen LogP contribution < -0.4 is 11.1 Å². The van der Waals surface area contributed by atoms with Crippen molar-refractivity contribution in [3.05, 3.63) is 29.3 Å². The van der Waals surface area contributed by atoms with Gasteiger partial charge in [0, 0.05) is 24.2 Å². The van der Waals surface area contributed by atoms with Crippen LogP contribution in [-0.4, -0.2) is 23.5 Å². The molecule has 4 N–H and O–H groups in total. The molecule has 0 fully saturated rings. The molecule has 21 heavy (non-hydrogen) atoms. The number of nitrogens with one attached hydrogen (secondary N) is 1. The van der Waals surface area contributed by atoms with Crippen molar-refractivity contribution in [1.82, 2.24) is 5.32 Å². The first-order valence-electron chi connectivity index (χ1n) is 7.07. The molecule has 1 aromatic rings. The van der Waals surface area contributed by atoms with Gasteiger partial charge in [0.2, 0.25) is 0 Å². The molecule has 0 aromatic heterocycles. The smallest absolute Gasteiger partial charge is 0.303 e. The number of aryl methyl sites for hydroxylation is 1. The average Bonchev–Trinajstić information content (AvgIpc) is 2.39. The fourth-order valence-corrected chi connectivity index (χ4v) is 1.97. The SMILES string of the molecule is Cc1ccc(C(=O)NCCC(C)(C)CCC(=O)O)cc1N. The molecule has 0 aliphatic heterocycles. The lowest BCUT2D eigenvalue weighted by Gasteiger charge is -2.23. The van der Waals surface area contributed by atoms with Crippen LogP contribution in [0.25, 0.3) is 0 Å². The molecule has 0 unspecified atom stereocenters. The van der Waals surface area contributed by atoms with Gasteiger partial charge in [0.05, 0.1) is 0 Å². The molecule has 0 aliphatic rings. The van der Waals surface area contributed by atoms with Gasteiger partial charge in [-0.1, -0.05) is 19.9 Å². The number of carboxylic acid groups (broad SMARTS) is 1. The number of benzene rings is 1. The summed E-state index contributed by atoms with van der Waals surface area (Å²) < 4.78 is 0. The van der Waals surface area contributed by atoms with Crippen molar-refractivity contribution in [1.29, 1.82) is 0 Å². The molecule has 5 heteroatoms. The number of nitrogens with two attached hydrogens (primary N) is 1. The summed E-state index contributed by atoms with van der Waals surface area (Å²) in [6.45, 7) is 6.42. The van der Waals surface area contributed by atoms with E-state index in [0.29, 0.717) is 24.2 Å². The molecule has 0 spiro atoms. The highest BCUT2D eigenvalue weighted by Crippen LogP contribution is 2.26. The Balaban J connectivity index is 2.46. The zero-order chi connectivity index (χ0) is 16.0. The standard InChI is InChI=1S/C16H24N2O3/c1-11-4-5-12(10-13(11)17)15(21)18-9-8-16(2,3)7-6-14(19)20/h4-5,10H,6-9,17H2,1-3H3,(H,18,21)(H,19,20). The summed E-state index contributed by atoms with van der Waals surface area (Å²) >= 11 is 0. The van der Waals surface area contributed by atoms with Crippen molar-refractivity contribution in [2.75, 3.05) is 12.3 Å². The summed E-state index contributed by atoms with van der Waals surface area (Å²) in [6, 6.07) is 5.23. The first-order valence-corrected chi connectivity index (χ1v) is 7.07. The number of rotatable bonds is 7. The quantitative estimate of drug-likeness (QED) is 0.673. The Bertz CT molecular complexity index is 524. The van der Waals surface area contributed by atoms with Crippen molar-refractivity contribution in [2.24, 2.45) is 5.41 Å². The van der Waals surface area contributed by atoms with Crippen molar-refractivity contribution >= 4 is 17.6 Å². The highest BCUT2D eigenvalue weighted by molar-refractivity contribution is 5.95. The predicted molar refractivity (Wildman–Crippen MR) is 83.2 cm³/mol. The Labute approximate surface area is 125 Å². The maximum Gasteiger partial charge on any atom is 0.303 e. The van der Waals surface area contributed by atoms with Gasteiger partial charge in [-0.25, -0.2) is 0 Å². The zero-order valence-electron chi connectivity index (χ0n) is 12.9. The Kier molecular flexibility index (Phi) is 5.76. The molecule has 0 bridgehead atoms. The Morgan fingerprint density at radius 2 is 1.95 bits per heavy atom. The van der Waals surface area contributed by atoms with E-state index in [0.717, 1.165) is 12.0 Å². The second-order valence-corrected chi connectivity index (χ2v) is 6.14. The van der Waals surface area contributed by atoms with Crippen LogP contribution in [0.2, 0.25) is 0 Å². The summed E-state index contributed by atoms with van der Waals surface area (Å²) in [4.78, 5) is 22.6. The monoisotopic (exact) mass is 292 g/mol. The maximum atomic E-state index is 12.0. The van der Waals surface area contributed by atoms with E-state index >= 15 is 0 Å². The Morgan fingerprint density at radius 3 is 2.52 bits per heavy atom. The van der Waals surface area contributed by atoms with Gasteiger partial charge in [0.25, 0.3) is 5.91 Å². The van der Waals surface area contributed by atoms with E-state index in [2.05, 4.69) is 5.32 Å². The van der Waals surface area contributed by atoms with E-state index in [1.807, 2.05) is 26.8 Å². The van der Waals surface area contributed by atoms with Gasteiger partial charge in [-0.15, -0.1) is 0 Å². The van der Waals surface area contributed by atoms with Crippen molar-refractivity contribution < 1.29 is 14.7 Å². The molecule has 1 amide bonds. The van der Waals surface area contributed by atoms with Crippen molar-refractivity contribution in [3.63, 3.8) is 0 Å². The van der Waals surface area contributed by atoms with Crippen LogP contribution in [0.4, 0.5) is 5.69 Å². The molecule has 0 saturated carbocycles. The van der Waals surface area contributed by atoms with Crippen LogP contribution in [0.3, 0.4) is 0 Å². The molecular weight excluding hydrogens is 268 g/mol. The summed E-state index contributed by atoms with van der Waals surface area (Å²) in [7, 11) is 0. The number of nitrogen functional groups attached to an aromatic ring is 1. The van der Waals surface area contributed by atoms with E-state index in [1.54, 1.807) is 12.1 Å². The lowest BCUT2D eigenvalue weighted by atomic mass is 9.84. The molecule has 0 aliphatic carbocycles. The average molecular weight is 292 g/mol. The number of hydrogen-bond donors (Lipinski definition) is 3. The minimum atomic E-state index is -0.790. The summed E-state index contributed by atoms with van der Waals surface area (Å²) in [6.07, 6.45) is 1.47. The second-order valence-electron chi connectivity index (χ2n) is 6.14. The molecule has 0 heterocycles. The van der Waals surface area contributed by atoms with E-state index in [1.165, 1.54) is 0 Å². The van der Waals surface area contributed by atoms with Crippen LogP contribution in [0.1, 0.15) is 49.0 Å². The van der Waals surface area contributed by atoms with Gasteiger partial charge in [-0.2, -0.15) is 0 Å². The first kappa shape index (κ1) is 17.0. The first-order chi connectivity index (χ1) is 9.71. The number of amides is 1. The second kappa shape index (κ2) is 7.11. The van der Waals surface area contributed by atoms with Gasteiger partial charge >= 0.3 is 5.97 Å². The highest BCUT2D eigenvalue weighted by Gasteiger charge is 2.19. The molecule has 1 aromatic carbocycles. The van der Waals surface area contributed by atoms with Gasteiger partial charge < -0.3 is 16.2 Å². The minimum absolute atomic E-state index is 0.113. The van der Waals surface area contributed by atoms with E-state index in [-0.39, 0.29) is 17.7 Å². The number of carboxylic acids is 1. The molecule has 116 valence electrons. The largest absolute Gasteiger partial charge is 0.481 e. The van der Waals surface area contributed by atoms with Crippen LogP contribution >= 0.6 is 0 Å². The van der Waals surface area contributed by atoms with Gasteiger partial charge in [0.15, 0.2) is 0 Å². The molecule has 5 nitrogen and oxygen atoms in total. The topological polar surface area (TPSA) is 92.4 Å². The summed E-state index contributed by atoms with van der Waals surface area (Å²) in [5.74, 6) is -0.946. The fourth-order valence-electron chi connectivity index (χ4n) is 1.97.